The lowest BCUT2D eigenvalue weighted by Crippen LogP contribution is -2.26. The van der Waals surface area contributed by atoms with Crippen molar-refractivity contribution in [3.8, 4) is 0 Å². The van der Waals surface area contributed by atoms with Crippen LogP contribution in [0.25, 0.3) is 0 Å². The summed E-state index contributed by atoms with van der Waals surface area (Å²) in [4.78, 5) is 0. The van der Waals surface area contributed by atoms with Gasteiger partial charge in [-0.1, -0.05) is 18.0 Å². The van der Waals surface area contributed by atoms with E-state index in [0.717, 1.165) is 11.5 Å². The van der Waals surface area contributed by atoms with E-state index in [1.165, 1.54) is 31.4 Å². The fourth-order valence-electron chi connectivity index (χ4n) is 2.19. The number of hydrogen-bond acceptors (Lipinski definition) is 3. The van der Waals surface area contributed by atoms with E-state index in [4.69, 9.17) is 10.9 Å². The van der Waals surface area contributed by atoms with E-state index in [1.807, 2.05) is 0 Å². The molecule has 4 nitrogen and oxygen atoms in total. The van der Waals surface area contributed by atoms with Gasteiger partial charge in [0.2, 0.25) is 0 Å². The van der Waals surface area contributed by atoms with Crippen molar-refractivity contribution in [2.75, 3.05) is 0 Å². The van der Waals surface area contributed by atoms with Crippen LogP contribution < -0.4 is 11.1 Å². The minimum Gasteiger partial charge on any atom is -0.409 e. The summed E-state index contributed by atoms with van der Waals surface area (Å²) in [5.41, 5.74) is 6.67. The quantitative estimate of drug-likeness (QED) is 0.319. The maximum absolute atomic E-state index is 13.4. The molecule has 2 rings (SSSR count). The standard InChI is InChI=1S/C14H20FN3O/c1-9(4-10-2-3-10)17-8-11-5-12(14(16)18-19)7-13(15)6-11/h5-7,9-10,17,19H,2-4,8H2,1H3,(H2,16,18). The van der Waals surface area contributed by atoms with Gasteiger partial charge in [0.1, 0.15) is 5.82 Å². The van der Waals surface area contributed by atoms with Crippen LogP contribution >= 0.6 is 0 Å². The Morgan fingerprint density at radius 3 is 2.89 bits per heavy atom. The van der Waals surface area contributed by atoms with Crippen LogP contribution in [-0.4, -0.2) is 17.1 Å². The number of nitrogens with zero attached hydrogens (tertiary/aromatic N) is 1. The smallest absolute Gasteiger partial charge is 0.170 e. The number of nitrogens with two attached hydrogens (primary N) is 1. The Bertz CT molecular complexity index is 472. The molecule has 0 saturated heterocycles. The molecule has 0 amide bonds. The number of nitrogens with one attached hydrogen (secondary N) is 1. The molecule has 1 aliphatic rings. The highest BCUT2D eigenvalue weighted by Crippen LogP contribution is 2.33. The lowest BCUT2D eigenvalue weighted by molar-refractivity contribution is 0.318. The summed E-state index contributed by atoms with van der Waals surface area (Å²) < 4.78 is 13.4. The Labute approximate surface area is 112 Å². The van der Waals surface area contributed by atoms with Crippen molar-refractivity contribution in [1.82, 2.24) is 5.32 Å². The Morgan fingerprint density at radius 2 is 2.26 bits per heavy atom. The molecule has 4 N–H and O–H groups in total. The summed E-state index contributed by atoms with van der Waals surface area (Å²) in [6.07, 6.45) is 3.83. The fourth-order valence-corrected chi connectivity index (χ4v) is 2.19. The van der Waals surface area contributed by atoms with Crippen LogP contribution in [0.4, 0.5) is 4.39 Å². The van der Waals surface area contributed by atoms with Gasteiger partial charge in [-0.15, -0.1) is 0 Å². The number of oxime groups is 1. The minimum absolute atomic E-state index is 0.0771. The first-order valence-corrected chi connectivity index (χ1v) is 6.59. The maximum Gasteiger partial charge on any atom is 0.170 e. The number of amidine groups is 1. The summed E-state index contributed by atoms with van der Waals surface area (Å²) in [5, 5.41) is 14.9. The van der Waals surface area contributed by atoms with Gasteiger partial charge in [-0.3, -0.25) is 0 Å². The lowest BCUT2D eigenvalue weighted by atomic mass is 10.1. The van der Waals surface area contributed by atoms with Crippen molar-refractivity contribution >= 4 is 5.84 Å². The maximum atomic E-state index is 13.4. The molecule has 1 aromatic carbocycles. The van der Waals surface area contributed by atoms with Crippen LogP contribution in [0.2, 0.25) is 0 Å². The Hall–Kier alpha value is -1.62. The molecule has 0 bridgehead atoms. The molecule has 1 unspecified atom stereocenters. The molecule has 0 heterocycles. The van der Waals surface area contributed by atoms with E-state index in [1.54, 1.807) is 6.07 Å². The zero-order chi connectivity index (χ0) is 13.8. The molecule has 0 aliphatic heterocycles. The van der Waals surface area contributed by atoms with E-state index in [2.05, 4.69) is 17.4 Å². The topological polar surface area (TPSA) is 70.6 Å². The largest absolute Gasteiger partial charge is 0.409 e. The van der Waals surface area contributed by atoms with Crippen LogP contribution in [0.5, 0.6) is 0 Å². The second kappa shape index (κ2) is 6.02. The van der Waals surface area contributed by atoms with Gasteiger partial charge in [0.15, 0.2) is 5.84 Å². The molecule has 5 heteroatoms. The predicted molar refractivity (Wildman–Crippen MR) is 72.6 cm³/mol. The summed E-state index contributed by atoms with van der Waals surface area (Å²) in [5.74, 6) is 0.408. The Balaban J connectivity index is 1.96. The average molecular weight is 265 g/mol. The van der Waals surface area contributed by atoms with Gasteiger partial charge in [0, 0.05) is 18.2 Å². The SMILES string of the molecule is CC(CC1CC1)NCc1cc(F)cc(/C(N)=N/O)c1. The molecule has 1 fully saturated rings. The molecule has 1 aliphatic carbocycles. The summed E-state index contributed by atoms with van der Waals surface area (Å²) >= 11 is 0. The van der Waals surface area contributed by atoms with Crippen molar-refractivity contribution < 1.29 is 9.60 Å². The van der Waals surface area contributed by atoms with Gasteiger partial charge >= 0.3 is 0 Å². The highest BCUT2D eigenvalue weighted by molar-refractivity contribution is 5.97. The van der Waals surface area contributed by atoms with Crippen molar-refractivity contribution in [3.63, 3.8) is 0 Å². The lowest BCUT2D eigenvalue weighted by Gasteiger charge is -2.14. The monoisotopic (exact) mass is 265 g/mol. The van der Waals surface area contributed by atoms with Gasteiger partial charge in [-0.2, -0.15) is 0 Å². The van der Waals surface area contributed by atoms with Crippen LogP contribution in [0.3, 0.4) is 0 Å². The highest BCUT2D eigenvalue weighted by atomic mass is 19.1. The van der Waals surface area contributed by atoms with Gasteiger partial charge in [-0.25, -0.2) is 4.39 Å². The summed E-state index contributed by atoms with van der Waals surface area (Å²) in [7, 11) is 0. The molecular formula is C14H20FN3O. The van der Waals surface area contributed by atoms with Crippen LogP contribution in [0, 0.1) is 11.7 Å². The molecule has 0 radical (unpaired) electrons. The molecule has 1 aromatic rings. The van der Waals surface area contributed by atoms with Crippen molar-refractivity contribution in [1.29, 1.82) is 0 Å². The summed E-state index contributed by atoms with van der Waals surface area (Å²) in [6, 6.07) is 4.87. The van der Waals surface area contributed by atoms with E-state index in [-0.39, 0.29) is 11.7 Å². The number of hydrogen-bond donors (Lipinski definition) is 3. The van der Waals surface area contributed by atoms with Crippen LogP contribution in [0.1, 0.15) is 37.3 Å². The number of benzene rings is 1. The Kier molecular flexibility index (Phi) is 4.37. The molecule has 104 valence electrons. The zero-order valence-electron chi connectivity index (χ0n) is 11.1. The molecule has 1 atom stereocenters. The van der Waals surface area contributed by atoms with Crippen molar-refractivity contribution in [2.24, 2.45) is 16.8 Å². The second-order valence-corrected chi connectivity index (χ2v) is 5.29. The third-order valence-electron chi connectivity index (χ3n) is 3.40. The van der Waals surface area contributed by atoms with E-state index >= 15 is 0 Å². The third-order valence-corrected chi connectivity index (χ3v) is 3.40. The van der Waals surface area contributed by atoms with Crippen molar-refractivity contribution in [3.05, 3.63) is 35.1 Å². The van der Waals surface area contributed by atoms with E-state index in [0.29, 0.717) is 18.2 Å². The van der Waals surface area contributed by atoms with Crippen LogP contribution in [0.15, 0.2) is 23.4 Å². The zero-order valence-corrected chi connectivity index (χ0v) is 11.1. The molecule has 19 heavy (non-hydrogen) atoms. The second-order valence-electron chi connectivity index (χ2n) is 5.29. The van der Waals surface area contributed by atoms with Gasteiger partial charge < -0.3 is 16.3 Å². The highest BCUT2D eigenvalue weighted by Gasteiger charge is 2.23. The van der Waals surface area contributed by atoms with Gasteiger partial charge in [-0.05, 0) is 43.0 Å². The summed E-state index contributed by atoms with van der Waals surface area (Å²) in [6.45, 7) is 2.72. The van der Waals surface area contributed by atoms with Gasteiger partial charge in [0.05, 0.1) is 0 Å². The first-order chi connectivity index (χ1) is 9.08. The molecule has 0 spiro atoms. The first-order valence-electron chi connectivity index (χ1n) is 6.59. The molecule has 0 aromatic heterocycles. The number of rotatable bonds is 6. The minimum atomic E-state index is -0.379. The van der Waals surface area contributed by atoms with Crippen molar-refractivity contribution in [2.45, 2.75) is 38.8 Å². The van der Waals surface area contributed by atoms with E-state index in [9.17, 15) is 4.39 Å². The third kappa shape index (κ3) is 4.21. The predicted octanol–water partition coefficient (Wildman–Crippen LogP) is 2.20. The molecular weight excluding hydrogens is 245 g/mol. The van der Waals surface area contributed by atoms with Crippen LogP contribution in [-0.2, 0) is 6.54 Å². The average Bonchev–Trinajstić information content (AvgIpc) is 3.18. The normalized spacial score (nSPS) is 17.5. The van der Waals surface area contributed by atoms with E-state index < -0.39 is 0 Å². The Morgan fingerprint density at radius 1 is 1.53 bits per heavy atom. The first kappa shape index (κ1) is 13.8. The molecule has 1 saturated carbocycles. The number of halogens is 1. The van der Waals surface area contributed by atoms with Gasteiger partial charge in [0.25, 0.3) is 0 Å². The fraction of sp³-hybridized carbons (Fsp3) is 0.500.